The molecule has 2 nitrogen and oxygen atoms in total. The van der Waals surface area contributed by atoms with Crippen LogP contribution in [0.5, 0.6) is 5.75 Å². The molecule has 1 N–H and O–H groups in total. The first-order chi connectivity index (χ1) is 9.63. The molecule has 1 atom stereocenters. The lowest BCUT2D eigenvalue weighted by molar-refractivity contribution is 0.412. The molecule has 0 bridgehead atoms. The Labute approximate surface area is 133 Å². The highest BCUT2D eigenvalue weighted by Gasteiger charge is 2.08. The number of methoxy groups -OCH3 is 1. The van der Waals surface area contributed by atoms with Crippen LogP contribution >= 0.6 is 27.7 Å². The van der Waals surface area contributed by atoms with E-state index in [-0.39, 0.29) is 6.04 Å². The zero-order valence-corrected chi connectivity index (χ0v) is 14.2. The van der Waals surface area contributed by atoms with E-state index in [1.807, 2.05) is 6.07 Å². The molecule has 0 aliphatic carbocycles. The molecule has 0 amide bonds. The Kier molecular flexibility index (Phi) is 5.38. The number of anilines is 1. The standard InChI is InChI=1S/C16H18BrNOS/c1-11(12-4-9-16(19-2)15(17)10-12)18-13-5-7-14(20-3)8-6-13/h4-11,18H,1-3H3. The van der Waals surface area contributed by atoms with E-state index in [4.69, 9.17) is 4.74 Å². The summed E-state index contributed by atoms with van der Waals surface area (Å²) in [6.45, 7) is 2.15. The maximum Gasteiger partial charge on any atom is 0.133 e. The maximum atomic E-state index is 5.25. The van der Waals surface area contributed by atoms with Crippen LogP contribution in [0.3, 0.4) is 0 Å². The predicted octanol–water partition coefficient (Wildman–Crippen LogP) is 5.35. The third-order valence-corrected chi connectivity index (χ3v) is 4.51. The number of halogens is 1. The molecule has 0 heterocycles. The van der Waals surface area contributed by atoms with Crippen LogP contribution in [0.25, 0.3) is 0 Å². The molecule has 0 saturated heterocycles. The molecule has 2 aromatic rings. The Morgan fingerprint density at radius 3 is 2.40 bits per heavy atom. The fourth-order valence-corrected chi connectivity index (χ4v) is 2.94. The van der Waals surface area contributed by atoms with Gasteiger partial charge in [-0.25, -0.2) is 0 Å². The average Bonchev–Trinajstić information content (AvgIpc) is 2.48. The Bertz CT molecular complexity index is 571. The number of rotatable bonds is 5. The van der Waals surface area contributed by atoms with Crippen molar-refractivity contribution in [3.8, 4) is 5.75 Å². The van der Waals surface area contributed by atoms with Gasteiger partial charge in [-0.1, -0.05) is 6.07 Å². The van der Waals surface area contributed by atoms with Crippen molar-refractivity contribution in [3.63, 3.8) is 0 Å². The fraction of sp³-hybridized carbons (Fsp3) is 0.250. The largest absolute Gasteiger partial charge is 0.496 e. The van der Waals surface area contributed by atoms with Crippen LogP contribution in [0.2, 0.25) is 0 Å². The normalized spacial score (nSPS) is 12.0. The number of ether oxygens (including phenoxy) is 1. The molecule has 0 fully saturated rings. The summed E-state index contributed by atoms with van der Waals surface area (Å²) in [6.07, 6.45) is 2.08. The zero-order valence-electron chi connectivity index (χ0n) is 11.8. The van der Waals surface area contributed by atoms with Crippen molar-refractivity contribution in [2.75, 3.05) is 18.7 Å². The lowest BCUT2D eigenvalue weighted by Crippen LogP contribution is -2.06. The first kappa shape index (κ1) is 15.3. The summed E-state index contributed by atoms with van der Waals surface area (Å²) in [5.41, 5.74) is 2.34. The van der Waals surface area contributed by atoms with Gasteiger partial charge in [-0.3, -0.25) is 0 Å². The summed E-state index contributed by atoms with van der Waals surface area (Å²) in [4.78, 5) is 1.27. The van der Waals surface area contributed by atoms with Gasteiger partial charge in [-0.05, 0) is 71.1 Å². The van der Waals surface area contributed by atoms with Gasteiger partial charge in [-0.15, -0.1) is 11.8 Å². The third-order valence-electron chi connectivity index (χ3n) is 3.15. The topological polar surface area (TPSA) is 21.3 Å². The molecule has 1 unspecified atom stereocenters. The zero-order chi connectivity index (χ0) is 14.5. The fourth-order valence-electron chi connectivity index (χ4n) is 1.97. The molecule has 2 aromatic carbocycles. The first-order valence-electron chi connectivity index (χ1n) is 6.38. The first-order valence-corrected chi connectivity index (χ1v) is 8.40. The Balaban J connectivity index is 2.10. The lowest BCUT2D eigenvalue weighted by Gasteiger charge is -2.17. The van der Waals surface area contributed by atoms with Crippen molar-refractivity contribution in [1.82, 2.24) is 0 Å². The van der Waals surface area contributed by atoms with Crippen molar-refractivity contribution in [2.24, 2.45) is 0 Å². The van der Waals surface area contributed by atoms with Crippen LogP contribution in [-0.2, 0) is 0 Å². The number of nitrogens with one attached hydrogen (secondary N) is 1. The minimum Gasteiger partial charge on any atom is -0.496 e. The average molecular weight is 352 g/mol. The van der Waals surface area contributed by atoms with Gasteiger partial charge in [0.25, 0.3) is 0 Å². The van der Waals surface area contributed by atoms with Crippen LogP contribution < -0.4 is 10.1 Å². The summed E-state index contributed by atoms with van der Waals surface area (Å²) < 4.78 is 6.23. The van der Waals surface area contributed by atoms with Gasteiger partial charge in [0, 0.05) is 16.6 Å². The van der Waals surface area contributed by atoms with Crippen LogP contribution in [0.1, 0.15) is 18.5 Å². The van der Waals surface area contributed by atoms with Gasteiger partial charge in [0.05, 0.1) is 11.6 Å². The molecule has 0 saturated carbocycles. The maximum absolute atomic E-state index is 5.25. The molecule has 0 radical (unpaired) electrons. The molecular formula is C16H18BrNOS. The van der Waals surface area contributed by atoms with Gasteiger partial charge >= 0.3 is 0 Å². The molecule has 2 rings (SSSR count). The Morgan fingerprint density at radius 2 is 1.85 bits per heavy atom. The summed E-state index contributed by atoms with van der Waals surface area (Å²) in [6, 6.07) is 14.9. The van der Waals surface area contributed by atoms with E-state index >= 15 is 0 Å². The van der Waals surface area contributed by atoms with Crippen molar-refractivity contribution in [3.05, 3.63) is 52.5 Å². The second-order valence-electron chi connectivity index (χ2n) is 4.49. The van der Waals surface area contributed by atoms with E-state index < -0.39 is 0 Å². The quantitative estimate of drug-likeness (QED) is 0.733. The summed E-state index contributed by atoms with van der Waals surface area (Å²) in [5, 5.41) is 3.50. The minimum absolute atomic E-state index is 0.234. The van der Waals surface area contributed by atoms with E-state index in [1.165, 1.54) is 10.5 Å². The summed E-state index contributed by atoms with van der Waals surface area (Å²) >= 11 is 5.28. The SMILES string of the molecule is COc1ccc(C(C)Nc2ccc(SC)cc2)cc1Br. The number of hydrogen-bond acceptors (Lipinski definition) is 3. The lowest BCUT2D eigenvalue weighted by atomic mass is 10.1. The van der Waals surface area contributed by atoms with Gasteiger partial charge in [0.15, 0.2) is 0 Å². The van der Waals surface area contributed by atoms with E-state index in [2.05, 4.69) is 70.8 Å². The highest BCUT2D eigenvalue weighted by molar-refractivity contribution is 9.10. The van der Waals surface area contributed by atoms with Gasteiger partial charge in [-0.2, -0.15) is 0 Å². The molecule has 106 valence electrons. The summed E-state index contributed by atoms with van der Waals surface area (Å²) in [5.74, 6) is 0.852. The number of thioether (sulfide) groups is 1. The van der Waals surface area contributed by atoms with E-state index in [0.29, 0.717) is 0 Å². The molecule has 20 heavy (non-hydrogen) atoms. The van der Waals surface area contributed by atoms with Gasteiger partial charge in [0.2, 0.25) is 0 Å². The second-order valence-corrected chi connectivity index (χ2v) is 6.22. The van der Waals surface area contributed by atoms with Crippen LogP contribution in [0.15, 0.2) is 51.8 Å². The van der Waals surface area contributed by atoms with Crippen LogP contribution in [-0.4, -0.2) is 13.4 Å². The third kappa shape index (κ3) is 3.70. The van der Waals surface area contributed by atoms with Crippen LogP contribution in [0, 0.1) is 0 Å². The smallest absolute Gasteiger partial charge is 0.133 e. The minimum atomic E-state index is 0.234. The van der Waals surface area contributed by atoms with Crippen molar-refractivity contribution in [2.45, 2.75) is 17.9 Å². The molecule has 0 aliphatic rings. The predicted molar refractivity (Wildman–Crippen MR) is 91.0 cm³/mol. The van der Waals surface area contributed by atoms with Gasteiger partial charge < -0.3 is 10.1 Å². The Morgan fingerprint density at radius 1 is 1.15 bits per heavy atom. The van der Waals surface area contributed by atoms with Crippen LogP contribution in [0.4, 0.5) is 5.69 Å². The van der Waals surface area contributed by atoms with E-state index in [9.17, 15) is 0 Å². The molecule has 0 aromatic heterocycles. The van der Waals surface area contributed by atoms with Crippen molar-refractivity contribution < 1.29 is 4.74 Å². The molecule has 0 aliphatic heterocycles. The molecular weight excluding hydrogens is 334 g/mol. The number of benzene rings is 2. The second kappa shape index (κ2) is 7.04. The molecule has 4 heteroatoms. The summed E-state index contributed by atoms with van der Waals surface area (Å²) in [7, 11) is 1.68. The van der Waals surface area contributed by atoms with E-state index in [0.717, 1.165) is 15.9 Å². The highest BCUT2D eigenvalue weighted by atomic mass is 79.9. The van der Waals surface area contributed by atoms with Crippen molar-refractivity contribution in [1.29, 1.82) is 0 Å². The number of hydrogen-bond donors (Lipinski definition) is 1. The van der Waals surface area contributed by atoms with Crippen molar-refractivity contribution >= 4 is 33.4 Å². The van der Waals surface area contributed by atoms with E-state index in [1.54, 1.807) is 18.9 Å². The van der Waals surface area contributed by atoms with Gasteiger partial charge in [0.1, 0.15) is 5.75 Å². The highest BCUT2D eigenvalue weighted by Crippen LogP contribution is 2.29. The Hall–Kier alpha value is -1.13. The molecule has 0 spiro atoms. The monoisotopic (exact) mass is 351 g/mol.